The van der Waals surface area contributed by atoms with Gasteiger partial charge in [-0.2, -0.15) is 0 Å². The van der Waals surface area contributed by atoms with Crippen LogP contribution < -0.4 is 5.73 Å². The van der Waals surface area contributed by atoms with E-state index in [0.717, 1.165) is 6.42 Å². The van der Waals surface area contributed by atoms with E-state index in [1.807, 2.05) is 0 Å². The Labute approximate surface area is 81.5 Å². The minimum absolute atomic E-state index is 0.0672. The van der Waals surface area contributed by atoms with Gasteiger partial charge >= 0.3 is 5.97 Å². The zero-order chi connectivity index (χ0) is 10.4. The van der Waals surface area contributed by atoms with Gasteiger partial charge in [-0.25, -0.2) is 4.79 Å². The van der Waals surface area contributed by atoms with Gasteiger partial charge < -0.3 is 20.0 Å². The number of hydrogen-bond acceptors (Lipinski definition) is 4. The Bertz CT molecular complexity index is 295. The second kappa shape index (κ2) is 5.41. The van der Waals surface area contributed by atoms with E-state index in [9.17, 15) is 4.79 Å². The van der Waals surface area contributed by atoms with E-state index < -0.39 is 5.97 Å². The Morgan fingerprint density at radius 1 is 1.57 bits per heavy atom. The van der Waals surface area contributed by atoms with Crippen molar-refractivity contribution in [2.75, 3.05) is 13.2 Å². The minimum Gasteiger partial charge on any atom is -0.475 e. The van der Waals surface area contributed by atoms with Gasteiger partial charge in [-0.1, -0.05) is 0 Å². The number of nitrogens with two attached hydrogens (primary N) is 1. The van der Waals surface area contributed by atoms with Crippen LogP contribution in [0.15, 0.2) is 16.5 Å². The predicted octanol–water partition coefficient (Wildman–Crippen LogP) is 0.843. The van der Waals surface area contributed by atoms with Crippen molar-refractivity contribution in [3.05, 3.63) is 23.7 Å². The molecule has 3 N–H and O–H groups in total. The molecule has 0 saturated carbocycles. The maximum Gasteiger partial charge on any atom is 0.371 e. The van der Waals surface area contributed by atoms with Crippen LogP contribution in [-0.4, -0.2) is 24.2 Å². The Morgan fingerprint density at radius 3 is 2.93 bits per heavy atom. The van der Waals surface area contributed by atoms with E-state index in [1.54, 1.807) is 6.07 Å². The van der Waals surface area contributed by atoms with Crippen molar-refractivity contribution >= 4 is 5.97 Å². The summed E-state index contributed by atoms with van der Waals surface area (Å²) < 4.78 is 10.2. The average molecular weight is 199 g/mol. The van der Waals surface area contributed by atoms with Crippen LogP contribution in [0.25, 0.3) is 0 Å². The molecule has 0 saturated heterocycles. The normalized spacial score (nSPS) is 10.4. The summed E-state index contributed by atoms with van der Waals surface area (Å²) in [6.45, 7) is 1.42. The molecular formula is C9H13NO4. The molecule has 78 valence electrons. The van der Waals surface area contributed by atoms with Gasteiger partial charge in [0, 0.05) is 6.61 Å². The molecule has 0 aliphatic rings. The van der Waals surface area contributed by atoms with Gasteiger partial charge in [0.2, 0.25) is 5.76 Å². The molecule has 0 atom stereocenters. The highest BCUT2D eigenvalue weighted by molar-refractivity contribution is 5.84. The maximum atomic E-state index is 10.4. The first kappa shape index (κ1) is 10.7. The summed E-state index contributed by atoms with van der Waals surface area (Å²) >= 11 is 0. The lowest BCUT2D eigenvalue weighted by Crippen LogP contribution is -2.04. The summed E-state index contributed by atoms with van der Waals surface area (Å²) in [4.78, 5) is 10.4. The first-order chi connectivity index (χ1) is 6.74. The quantitative estimate of drug-likeness (QED) is 0.663. The van der Waals surface area contributed by atoms with Crippen molar-refractivity contribution in [1.82, 2.24) is 0 Å². The number of hydrogen-bond donors (Lipinski definition) is 2. The molecule has 0 aromatic carbocycles. The highest BCUT2D eigenvalue weighted by Crippen LogP contribution is 2.08. The molecule has 5 nitrogen and oxygen atoms in total. The maximum absolute atomic E-state index is 10.4. The molecule has 0 spiro atoms. The van der Waals surface area contributed by atoms with Gasteiger partial charge in [0.15, 0.2) is 0 Å². The molecule has 0 bridgehead atoms. The van der Waals surface area contributed by atoms with Crippen LogP contribution in [0.2, 0.25) is 0 Å². The third-order valence-electron chi connectivity index (χ3n) is 1.61. The fraction of sp³-hybridized carbons (Fsp3) is 0.444. The Morgan fingerprint density at radius 2 is 2.36 bits per heavy atom. The van der Waals surface area contributed by atoms with Crippen molar-refractivity contribution in [1.29, 1.82) is 0 Å². The lowest BCUT2D eigenvalue weighted by atomic mass is 10.4. The molecule has 0 radical (unpaired) electrons. The Kier molecular flexibility index (Phi) is 4.15. The number of carboxylic acids is 1. The van der Waals surface area contributed by atoms with E-state index in [1.165, 1.54) is 6.07 Å². The number of furan rings is 1. The number of rotatable bonds is 6. The Hall–Kier alpha value is -1.33. The molecule has 5 heteroatoms. The minimum atomic E-state index is -1.07. The molecule has 14 heavy (non-hydrogen) atoms. The molecule has 0 unspecified atom stereocenters. The SMILES string of the molecule is NCCCOCc1ccc(C(=O)O)o1. The van der Waals surface area contributed by atoms with Crippen LogP contribution in [0.1, 0.15) is 22.7 Å². The predicted molar refractivity (Wildman–Crippen MR) is 49.0 cm³/mol. The van der Waals surface area contributed by atoms with Gasteiger partial charge in [-0.15, -0.1) is 0 Å². The first-order valence-corrected chi connectivity index (χ1v) is 4.34. The second-order valence-electron chi connectivity index (χ2n) is 2.77. The van der Waals surface area contributed by atoms with E-state index >= 15 is 0 Å². The zero-order valence-corrected chi connectivity index (χ0v) is 7.73. The van der Waals surface area contributed by atoms with Crippen LogP contribution in [0, 0.1) is 0 Å². The summed E-state index contributed by atoms with van der Waals surface area (Å²) in [6, 6.07) is 3.00. The van der Waals surface area contributed by atoms with Gasteiger partial charge in [0.05, 0.1) is 0 Å². The first-order valence-electron chi connectivity index (χ1n) is 4.34. The van der Waals surface area contributed by atoms with Crippen molar-refractivity contribution in [3.63, 3.8) is 0 Å². The summed E-state index contributed by atoms with van der Waals surface area (Å²) in [5.74, 6) is -0.625. The lowest BCUT2D eigenvalue weighted by Gasteiger charge is -1.99. The highest BCUT2D eigenvalue weighted by atomic mass is 16.5. The van der Waals surface area contributed by atoms with E-state index in [0.29, 0.717) is 18.9 Å². The third kappa shape index (κ3) is 3.20. The molecule has 0 aliphatic heterocycles. The van der Waals surface area contributed by atoms with Crippen LogP contribution in [0.5, 0.6) is 0 Å². The number of ether oxygens (including phenoxy) is 1. The average Bonchev–Trinajstić information content (AvgIpc) is 2.61. The molecule has 1 rings (SSSR count). The topological polar surface area (TPSA) is 85.7 Å². The summed E-state index contributed by atoms with van der Waals surface area (Å²) in [7, 11) is 0. The van der Waals surface area contributed by atoms with E-state index in [4.69, 9.17) is 20.0 Å². The largest absolute Gasteiger partial charge is 0.475 e. The van der Waals surface area contributed by atoms with E-state index in [2.05, 4.69) is 0 Å². The second-order valence-corrected chi connectivity index (χ2v) is 2.77. The smallest absolute Gasteiger partial charge is 0.371 e. The van der Waals surface area contributed by atoms with Gasteiger partial charge in [0.1, 0.15) is 12.4 Å². The molecular weight excluding hydrogens is 186 g/mol. The van der Waals surface area contributed by atoms with Gasteiger partial charge in [0.25, 0.3) is 0 Å². The molecule has 1 aromatic rings. The fourth-order valence-corrected chi connectivity index (χ4v) is 0.929. The number of aromatic carboxylic acids is 1. The zero-order valence-electron chi connectivity index (χ0n) is 7.73. The van der Waals surface area contributed by atoms with Gasteiger partial charge in [-0.05, 0) is 25.1 Å². The van der Waals surface area contributed by atoms with Crippen LogP contribution in [-0.2, 0) is 11.3 Å². The van der Waals surface area contributed by atoms with Crippen molar-refractivity contribution in [2.45, 2.75) is 13.0 Å². The number of carboxylic acid groups (broad SMARTS) is 1. The van der Waals surface area contributed by atoms with Crippen LogP contribution >= 0.6 is 0 Å². The van der Waals surface area contributed by atoms with Crippen molar-refractivity contribution in [2.24, 2.45) is 5.73 Å². The molecule has 0 fully saturated rings. The standard InChI is InChI=1S/C9H13NO4/c10-4-1-5-13-6-7-2-3-8(14-7)9(11)12/h2-3H,1,4-6,10H2,(H,11,12). The van der Waals surface area contributed by atoms with Gasteiger partial charge in [-0.3, -0.25) is 0 Å². The third-order valence-corrected chi connectivity index (χ3v) is 1.61. The molecule has 1 heterocycles. The molecule has 1 aromatic heterocycles. The number of carbonyl (C=O) groups is 1. The van der Waals surface area contributed by atoms with E-state index in [-0.39, 0.29) is 12.4 Å². The van der Waals surface area contributed by atoms with Crippen LogP contribution in [0.4, 0.5) is 0 Å². The fourth-order valence-electron chi connectivity index (χ4n) is 0.929. The Balaban J connectivity index is 2.33. The monoisotopic (exact) mass is 199 g/mol. The summed E-state index contributed by atoms with van der Waals surface area (Å²) in [5.41, 5.74) is 5.27. The van der Waals surface area contributed by atoms with Crippen molar-refractivity contribution in [3.8, 4) is 0 Å². The summed E-state index contributed by atoms with van der Waals surface area (Å²) in [6.07, 6.45) is 0.784. The highest BCUT2D eigenvalue weighted by Gasteiger charge is 2.08. The molecule has 0 aliphatic carbocycles. The van der Waals surface area contributed by atoms with Crippen molar-refractivity contribution < 1.29 is 19.1 Å². The summed E-state index contributed by atoms with van der Waals surface area (Å²) in [5, 5.41) is 8.56. The molecule has 0 amide bonds. The van der Waals surface area contributed by atoms with Crippen LogP contribution in [0.3, 0.4) is 0 Å². The lowest BCUT2D eigenvalue weighted by molar-refractivity contribution is 0.0647.